The molecule has 5 heteroatoms. The average Bonchev–Trinajstić information content (AvgIpc) is 2.68. The molecule has 0 spiro atoms. The predicted molar refractivity (Wildman–Crippen MR) is 87.5 cm³/mol. The second-order valence-corrected chi connectivity index (χ2v) is 6.56. The van der Waals surface area contributed by atoms with Crippen molar-refractivity contribution in [1.82, 2.24) is 14.8 Å². The zero-order chi connectivity index (χ0) is 15.5. The van der Waals surface area contributed by atoms with Crippen LogP contribution < -0.4 is 10.6 Å². The van der Waals surface area contributed by atoms with Gasteiger partial charge in [0.25, 0.3) is 0 Å². The molecule has 5 nitrogen and oxygen atoms in total. The van der Waals surface area contributed by atoms with E-state index >= 15 is 0 Å². The summed E-state index contributed by atoms with van der Waals surface area (Å²) in [5.41, 5.74) is 3.43. The van der Waals surface area contributed by atoms with Gasteiger partial charge in [0.15, 0.2) is 0 Å². The van der Waals surface area contributed by atoms with Gasteiger partial charge in [0.05, 0.1) is 5.69 Å². The van der Waals surface area contributed by atoms with Crippen molar-refractivity contribution in [3.05, 3.63) is 35.8 Å². The Labute approximate surface area is 126 Å². The molecular weight excluding hydrogens is 262 g/mol. The summed E-state index contributed by atoms with van der Waals surface area (Å²) >= 11 is 0. The van der Waals surface area contributed by atoms with Crippen LogP contribution in [0.1, 0.15) is 32.0 Å². The maximum atomic E-state index is 4.50. The number of hydrogen-bond acceptors (Lipinski definition) is 4. The summed E-state index contributed by atoms with van der Waals surface area (Å²) < 4.78 is 1.90. The third kappa shape index (κ3) is 4.21. The molecule has 2 aromatic heterocycles. The number of nitrogens with one attached hydrogen (secondary N) is 2. The zero-order valence-electron chi connectivity index (χ0n) is 13.6. The molecule has 0 fully saturated rings. The van der Waals surface area contributed by atoms with Crippen molar-refractivity contribution in [1.29, 1.82) is 0 Å². The molecule has 0 saturated heterocycles. The number of anilines is 2. The van der Waals surface area contributed by atoms with Gasteiger partial charge in [-0.3, -0.25) is 9.67 Å². The molecule has 0 saturated carbocycles. The molecule has 0 aliphatic carbocycles. The first kappa shape index (κ1) is 15.4. The smallest absolute Gasteiger partial charge is 0.148 e. The molecule has 0 amide bonds. The van der Waals surface area contributed by atoms with E-state index < -0.39 is 0 Å². The highest BCUT2D eigenvalue weighted by Gasteiger charge is 2.16. The fourth-order valence-electron chi connectivity index (χ4n) is 2.11. The molecule has 21 heavy (non-hydrogen) atoms. The first-order chi connectivity index (χ1) is 9.87. The number of nitrogens with zero attached hydrogens (tertiary/aromatic N) is 3. The van der Waals surface area contributed by atoms with Crippen LogP contribution >= 0.6 is 0 Å². The summed E-state index contributed by atoms with van der Waals surface area (Å²) in [7, 11) is 1.97. The van der Waals surface area contributed by atoms with Gasteiger partial charge in [0.1, 0.15) is 11.5 Å². The topological polar surface area (TPSA) is 54.8 Å². The average molecular weight is 287 g/mol. The molecule has 0 aliphatic heterocycles. The highest BCUT2D eigenvalue weighted by Crippen LogP contribution is 2.27. The molecule has 2 N–H and O–H groups in total. The van der Waals surface area contributed by atoms with E-state index in [0.29, 0.717) is 0 Å². The van der Waals surface area contributed by atoms with Crippen molar-refractivity contribution in [2.24, 2.45) is 12.5 Å². The highest BCUT2D eigenvalue weighted by atomic mass is 15.3. The molecule has 2 heterocycles. The number of pyridine rings is 1. The molecule has 2 aromatic rings. The van der Waals surface area contributed by atoms with Crippen LogP contribution in [0.4, 0.5) is 11.5 Å². The Morgan fingerprint density at radius 2 is 2.00 bits per heavy atom. The van der Waals surface area contributed by atoms with E-state index in [1.807, 2.05) is 30.9 Å². The van der Waals surface area contributed by atoms with Crippen LogP contribution in [0.15, 0.2) is 24.5 Å². The van der Waals surface area contributed by atoms with Gasteiger partial charge in [-0.1, -0.05) is 26.8 Å². The molecule has 0 aromatic carbocycles. The van der Waals surface area contributed by atoms with E-state index in [4.69, 9.17) is 0 Å². The molecule has 0 aliphatic rings. The van der Waals surface area contributed by atoms with E-state index in [-0.39, 0.29) is 5.41 Å². The van der Waals surface area contributed by atoms with Gasteiger partial charge in [-0.15, -0.1) is 0 Å². The van der Waals surface area contributed by atoms with Crippen LogP contribution in [0.3, 0.4) is 0 Å². The van der Waals surface area contributed by atoms with E-state index in [2.05, 4.69) is 47.6 Å². The fourth-order valence-corrected chi connectivity index (χ4v) is 2.11. The number of rotatable bonds is 5. The van der Waals surface area contributed by atoms with Crippen LogP contribution in [0, 0.1) is 12.3 Å². The summed E-state index contributed by atoms with van der Waals surface area (Å²) in [5, 5.41) is 11.5. The minimum Gasteiger partial charge on any atom is -0.376 e. The van der Waals surface area contributed by atoms with Crippen molar-refractivity contribution < 1.29 is 0 Å². The second kappa shape index (κ2) is 6.16. The van der Waals surface area contributed by atoms with Crippen LogP contribution in [-0.2, 0) is 13.6 Å². The third-order valence-electron chi connectivity index (χ3n) is 3.20. The molecule has 0 atom stereocenters. The van der Waals surface area contributed by atoms with Crippen molar-refractivity contribution in [2.45, 2.75) is 34.2 Å². The Hall–Kier alpha value is -2.04. The van der Waals surface area contributed by atoms with Gasteiger partial charge in [-0.2, -0.15) is 5.10 Å². The van der Waals surface area contributed by atoms with Crippen molar-refractivity contribution in [3.63, 3.8) is 0 Å². The van der Waals surface area contributed by atoms with Crippen molar-refractivity contribution in [3.8, 4) is 0 Å². The summed E-state index contributed by atoms with van der Waals surface area (Å²) in [4.78, 5) is 4.14. The lowest BCUT2D eigenvalue weighted by Gasteiger charge is -2.20. The Balaban J connectivity index is 2.11. The quantitative estimate of drug-likeness (QED) is 0.886. The Morgan fingerprint density at radius 1 is 1.24 bits per heavy atom. The minimum atomic E-state index is 0.221. The maximum Gasteiger partial charge on any atom is 0.148 e. The lowest BCUT2D eigenvalue weighted by Crippen LogP contribution is -2.21. The van der Waals surface area contributed by atoms with Gasteiger partial charge in [0.2, 0.25) is 0 Å². The van der Waals surface area contributed by atoms with Crippen LogP contribution in [0.5, 0.6) is 0 Å². The normalized spacial score (nSPS) is 11.5. The number of aromatic nitrogens is 3. The van der Waals surface area contributed by atoms with Crippen molar-refractivity contribution in [2.75, 3.05) is 17.2 Å². The van der Waals surface area contributed by atoms with E-state index in [9.17, 15) is 0 Å². The maximum absolute atomic E-state index is 4.50. The van der Waals surface area contributed by atoms with Crippen molar-refractivity contribution >= 4 is 11.5 Å². The van der Waals surface area contributed by atoms with Crippen LogP contribution in [0.25, 0.3) is 0 Å². The minimum absolute atomic E-state index is 0.221. The van der Waals surface area contributed by atoms with Crippen LogP contribution in [0.2, 0.25) is 0 Å². The standard InChI is InChI=1S/C16H25N5/c1-12-14(18-10-13-7-6-8-17-9-13)15(21(5)20-12)19-11-16(2,3)4/h6-9,18-19H,10-11H2,1-5H3. The molecule has 2 rings (SSSR count). The monoisotopic (exact) mass is 287 g/mol. The lowest BCUT2D eigenvalue weighted by atomic mass is 9.97. The molecule has 0 bridgehead atoms. The van der Waals surface area contributed by atoms with E-state index in [1.165, 1.54) is 0 Å². The molecule has 114 valence electrons. The number of hydrogen-bond donors (Lipinski definition) is 2. The van der Waals surface area contributed by atoms with E-state index in [0.717, 1.165) is 35.9 Å². The first-order valence-electron chi connectivity index (χ1n) is 7.27. The summed E-state index contributed by atoms with van der Waals surface area (Å²) in [5.74, 6) is 1.03. The van der Waals surface area contributed by atoms with E-state index in [1.54, 1.807) is 6.20 Å². The lowest BCUT2D eigenvalue weighted by molar-refractivity contribution is 0.441. The van der Waals surface area contributed by atoms with Gasteiger partial charge < -0.3 is 10.6 Å². The largest absolute Gasteiger partial charge is 0.376 e. The predicted octanol–water partition coefficient (Wildman–Crippen LogP) is 3.19. The third-order valence-corrected chi connectivity index (χ3v) is 3.20. The zero-order valence-corrected chi connectivity index (χ0v) is 13.6. The van der Waals surface area contributed by atoms with Gasteiger partial charge in [-0.25, -0.2) is 0 Å². The SMILES string of the molecule is Cc1nn(C)c(NCC(C)(C)C)c1NCc1cccnc1. The Bertz CT molecular complexity index is 581. The molecule has 0 radical (unpaired) electrons. The molecule has 0 unspecified atom stereocenters. The fraction of sp³-hybridized carbons (Fsp3) is 0.500. The highest BCUT2D eigenvalue weighted by molar-refractivity contribution is 5.68. The molecular formula is C16H25N5. The Kier molecular flexibility index (Phi) is 4.50. The first-order valence-corrected chi connectivity index (χ1v) is 7.27. The summed E-state index contributed by atoms with van der Waals surface area (Å²) in [6, 6.07) is 4.01. The van der Waals surface area contributed by atoms with Gasteiger partial charge in [0, 0.05) is 32.5 Å². The Morgan fingerprint density at radius 3 is 2.62 bits per heavy atom. The van der Waals surface area contributed by atoms with Crippen LogP contribution in [-0.4, -0.2) is 21.3 Å². The summed E-state index contributed by atoms with van der Waals surface area (Å²) in [6.45, 7) is 10.3. The van der Waals surface area contributed by atoms with Gasteiger partial charge in [-0.05, 0) is 24.0 Å². The summed E-state index contributed by atoms with van der Waals surface area (Å²) in [6.07, 6.45) is 3.66. The van der Waals surface area contributed by atoms with Gasteiger partial charge >= 0.3 is 0 Å². The number of aryl methyl sites for hydroxylation is 2. The second-order valence-electron chi connectivity index (χ2n) is 6.56.